The van der Waals surface area contributed by atoms with Gasteiger partial charge >= 0.3 is 0 Å². The average molecular weight is 288 g/mol. The van der Waals surface area contributed by atoms with Crippen LogP contribution >= 0.6 is 0 Å². The fraction of sp³-hybridized carbons (Fsp3) is 0.684. The van der Waals surface area contributed by atoms with Crippen molar-refractivity contribution >= 4 is 0 Å². The van der Waals surface area contributed by atoms with Gasteiger partial charge in [-0.2, -0.15) is 0 Å². The number of nitrogens with one attached hydrogen (secondary N) is 1. The van der Waals surface area contributed by atoms with E-state index >= 15 is 0 Å². The largest absolute Gasteiger partial charge is 0.311 e. The molecule has 1 aromatic carbocycles. The van der Waals surface area contributed by atoms with Crippen LogP contribution in [0.2, 0.25) is 0 Å². The van der Waals surface area contributed by atoms with Gasteiger partial charge in [0.05, 0.1) is 0 Å². The third kappa shape index (κ3) is 5.80. The average Bonchev–Trinajstić information content (AvgIpc) is 2.51. The van der Waals surface area contributed by atoms with Crippen molar-refractivity contribution in [3.8, 4) is 0 Å². The Labute approximate surface area is 130 Å². The Bertz CT molecular complexity index is 376. The van der Waals surface area contributed by atoms with Crippen molar-refractivity contribution in [3.05, 3.63) is 35.9 Å². The van der Waals surface area contributed by atoms with Crippen LogP contribution in [0.4, 0.5) is 0 Å². The summed E-state index contributed by atoms with van der Waals surface area (Å²) in [5, 5.41) is 3.65. The number of hydrogen-bond donors (Lipinski definition) is 1. The smallest absolute Gasteiger partial charge is 0.0261 e. The third-order valence-electron chi connectivity index (χ3n) is 4.59. The maximum atomic E-state index is 3.65. The molecule has 2 nitrogen and oxygen atoms in total. The maximum absolute atomic E-state index is 3.65. The van der Waals surface area contributed by atoms with Crippen LogP contribution in [0, 0.1) is 0 Å². The Morgan fingerprint density at radius 3 is 2.62 bits per heavy atom. The van der Waals surface area contributed by atoms with Crippen LogP contribution in [0.1, 0.15) is 51.5 Å². The van der Waals surface area contributed by atoms with Crippen LogP contribution in [0.25, 0.3) is 0 Å². The van der Waals surface area contributed by atoms with E-state index in [1.54, 1.807) is 0 Å². The summed E-state index contributed by atoms with van der Waals surface area (Å²) < 4.78 is 0. The maximum Gasteiger partial charge on any atom is 0.0261 e. The lowest BCUT2D eigenvalue weighted by Crippen LogP contribution is -2.56. The van der Waals surface area contributed by atoms with Gasteiger partial charge in [0.1, 0.15) is 0 Å². The second-order valence-corrected chi connectivity index (χ2v) is 6.56. The number of hydrogen-bond acceptors (Lipinski definition) is 2. The second-order valence-electron chi connectivity index (χ2n) is 6.56. The molecule has 0 amide bonds. The summed E-state index contributed by atoms with van der Waals surface area (Å²) in [4.78, 5) is 2.72. The van der Waals surface area contributed by atoms with E-state index in [0.29, 0.717) is 12.1 Å². The molecule has 21 heavy (non-hydrogen) atoms. The predicted octanol–water partition coefficient (Wildman–Crippen LogP) is 3.86. The molecule has 118 valence electrons. The van der Waals surface area contributed by atoms with Crippen LogP contribution in [0.3, 0.4) is 0 Å². The fourth-order valence-corrected chi connectivity index (χ4v) is 3.31. The minimum atomic E-state index is 0.632. The number of rotatable bonds is 8. The summed E-state index contributed by atoms with van der Waals surface area (Å²) in [6, 6.07) is 12.2. The molecule has 0 aromatic heterocycles. The number of unbranched alkanes of at least 4 members (excludes halogenated alkanes) is 4. The molecule has 0 radical (unpaired) electrons. The first-order chi connectivity index (χ1) is 10.3. The lowest BCUT2D eigenvalue weighted by Gasteiger charge is -2.39. The van der Waals surface area contributed by atoms with Crippen LogP contribution in [-0.2, 0) is 6.42 Å². The molecule has 1 N–H and O–H groups in total. The van der Waals surface area contributed by atoms with Crippen molar-refractivity contribution in [2.24, 2.45) is 0 Å². The summed E-state index contributed by atoms with van der Waals surface area (Å²) in [6.45, 7) is 8.19. The summed E-state index contributed by atoms with van der Waals surface area (Å²) in [7, 11) is 0. The van der Waals surface area contributed by atoms with Gasteiger partial charge in [0.15, 0.2) is 0 Å². The van der Waals surface area contributed by atoms with Gasteiger partial charge < -0.3 is 5.32 Å². The molecule has 0 saturated carbocycles. The SMILES string of the molecule is CCCCCCCN1CC(C)NCC1Cc1ccccc1. The molecule has 1 heterocycles. The van der Waals surface area contributed by atoms with E-state index in [1.807, 2.05) is 0 Å². The zero-order chi connectivity index (χ0) is 14.9. The van der Waals surface area contributed by atoms with Crippen molar-refractivity contribution < 1.29 is 0 Å². The normalized spacial score (nSPS) is 23.3. The van der Waals surface area contributed by atoms with Gasteiger partial charge in [-0.05, 0) is 31.9 Å². The molecule has 0 aliphatic carbocycles. The molecule has 1 aromatic rings. The molecule has 1 saturated heterocycles. The summed E-state index contributed by atoms with van der Waals surface area (Å²) >= 11 is 0. The van der Waals surface area contributed by atoms with Crippen molar-refractivity contribution in [1.29, 1.82) is 0 Å². The van der Waals surface area contributed by atoms with Crippen LogP contribution in [-0.4, -0.2) is 36.6 Å². The molecule has 2 unspecified atom stereocenters. The highest BCUT2D eigenvalue weighted by Crippen LogP contribution is 2.15. The fourth-order valence-electron chi connectivity index (χ4n) is 3.31. The second kappa shape index (κ2) is 9.22. The van der Waals surface area contributed by atoms with E-state index in [-0.39, 0.29) is 0 Å². The summed E-state index contributed by atoms with van der Waals surface area (Å²) in [5.74, 6) is 0. The molecule has 1 aliphatic rings. The molecule has 2 atom stereocenters. The molecule has 1 fully saturated rings. The van der Waals surface area contributed by atoms with E-state index in [2.05, 4.69) is 54.4 Å². The Morgan fingerprint density at radius 2 is 1.86 bits per heavy atom. The number of benzene rings is 1. The minimum absolute atomic E-state index is 0.632. The Kier molecular flexibility index (Phi) is 7.25. The van der Waals surface area contributed by atoms with Gasteiger partial charge in [-0.15, -0.1) is 0 Å². The number of piperazine rings is 1. The Hall–Kier alpha value is -0.860. The lowest BCUT2D eigenvalue weighted by atomic mass is 10.0. The highest BCUT2D eigenvalue weighted by Gasteiger charge is 2.25. The first kappa shape index (κ1) is 16.5. The van der Waals surface area contributed by atoms with Crippen molar-refractivity contribution in [1.82, 2.24) is 10.2 Å². The molecule has 2 heteroatoms. The van der Waals surface area contributed by atoms with Crippen LogP contribution < -0.4 is 5.32 Å². The van der Waals surface area contributed by atoms with Gasteiger partial charge in [-0.1, -0.05) is 62.9 Å². The molecule has 1 aliphatic heterocycles. The Morgan fingerprint density at radius 1 is 1.10 bits per heavy atom. The van der Waals surface area contributed by atoms with E-state index in [9.17, 15) is 0 Å². The number of nitrogens with zero attached hydrogens (tertiary/aromatic N) is 1. The topological polar surface area (TPSA) is 15.3 Å². The van der Waals surface area contributed by atoms with Crippen molar-refractivity contribution in [3.63, 3.8) is 0 Å². The molecular formula is C19H32N2. The first-order valence-electron chi connectivity index (χ1n) is 8.81. The molecule has 0 spiro atoms. The van der Waals surface area contributed by atoms with Crippen LogP contribution in [0.5, 0.6) is 0 Å². The van der Waals surface area contributed by atoms with Gasteiger partial charge in [-0.25, -0.2) is 0 Å². The van der Waals surface area contributed by atoms with Gasteiger partial charge in [0, 0.05) is 25.2 Å². The predicted molar refractivity (Wildman–Crippen MR) is 91.7 cm³/mol. The van der Waals surface area contributed by atoms with Gasteiger partial charge in [0.2, 0.25) is 0 Å². The first-order valence-corrected chi connectivity index (χ1v) is 8.81. The summed E-state index contributed by atoms with van der Waals surface area (Å²) in [5.41, 5.74) is 1.47. The lowest BCUT2D eigenvalue weighted by molar-refractivity contribution is 0.132. The standard InChI is InChI=1S/C19H32N2/c1-3-4-5-6-10-13-21-16-17(2)20-15-19(21)14-18-11-8-7-9-12-18/h7-9,11-12,17,19-20H,3-6,10,13-16H2,1-2H3. The van der Waals surface area contributed by atoms with Gasteiger partial charge in [-0.3, -0.25) is 4.90 Å². The van der Waals surface area contributed by atoms with E-state index in [4.69, 9.17) is 0 Å². The van der Waals surface area contributed by atoms with Gasteiger partial charge in [0.25, 0.3) is 0 Å². The minimum Gasteiger partial charge on any atom is -0.311 e. The van der Waals surface area contributed by atoms with E-state index < -0.39 is 0 Å². The highest BCUT2D eigenvalue weighted by molar-refractivity contribution is 5.16. The van der Waals surface area contributed by atoms with E-state index in [0.717, 1.165) is 6.54 Å². The molecule has 0 bridgehead atoms. The molecule has 2 rings (SSSR count). The van der Waals surface area contributed by atoms with E-state index in [1.165, 1.54) is 57.2 Å². The monoisotopic (exact) mass is 288 g/mol. The van der Waals surface area contributed by atoms with Crippen LogP contribution in [0.15, 0.2) is 30.3 Å². The third-order valence-corrected chi connectivity index (χ3v) is 4.59. The zero-order valence-corrected chi connectivity index (χ0v) is 13.9. The van der Waals surface area contributed by atoms with Crippen molar-refractivity contribution in [2.75, 3.05) is 19.6 Å². The zero-order valence-electron chi connectivity index (χ0n) is 13.9. The molecular weight excluding hydrogens is 256 g/mol. The Balaban J connectivity index is 1.81. The van der Waals surface area contributed by atoms with Crippen molar-refractivity contribution in [2.45, 2.75) is 64.5 Å². The highest BCUT2D eigenvalue weighted by atomic mass is 15.2. The quantitative estimate of drug-likeness (QED) is 0.731. The summed E-state index contributed by atoms with van der Waals surface area (Å²) in [6.07, 6.45) is 8.06.